The molecule has 4 heteroatoms. The van der Waals surface area contributed by atoms with Gasteiger partial charge < -0.3 is 9.97 Å². The number of fused-ring (bicyclic) bond motifs is 1. The van der Waals surface area contributed by atoms with Gasteiger partial charge in [0.2, 0.25) is 0 Å². The maximum Gasteiger partial charge on any atom is 0.0326 e. The summed E-state index contributed by atoms with van der Waals surface area (Å²) in [6, 6.07) is 17.4. The van der Waals surface area contributed by atoms with Gasteiger partial charge in [0.25, 0.3) is 0 Å². The van der Waals surface area contributed by atoms with Crippen LogP contribution < -0.4 is 5.30 Å². The zero-order valence-corrected chi connectivity index (χ0v) is 20.5. The average molecular weight is 447 g/mol. The van der Waals surface area contributed by atoms with Gasteiger partial charge in [0.15, 0.2) is 0 Å². The second-order valence-electron chi connectivity index (χ2n) is 9.87. The van der Waals surface area contributed by atoms with E-state index in [1.807, 2.05) is 12.4 Å². The van der Waals surface area contributed by atoms with Crippen LogP contribution >= 0.6 is 6.04 Å². The number of rotatable bonds is 5. The van der Waals surface area contributed by atoms with Gasteiger partial charge in [-0.3, -0.25) is 0 Å². The van der Waals surface area contributed by atoms with Crippen LogP contribution in [0, 0.1) is 0 Å². The highest BCUT2D eigenvalue weighted by molar-refractivity contribution is 8.22. The van der Waals surface area contributed by atoms with Gasteiger partial charge in [-0.1, -0.05) is 69.8 Å². The summed E-state index contributed by atoms with van der Waals surface area (Å²) in [6.07, 6.45) is 7.59. The lowest BCUT2D eigenvalue weighted by atomic mass is 9.83. The molecule has 1 aliphatic heterocycles. The number of H-pyrrole nitrogens is 2. The number of benzene rings is 1. The molecule has 1 aromatic carbocycles. The number of aromatic nitrogens is 2. The molecular formula is C27H31N2PS. The predicted molar refractivity (Wildman–Crippen MR) is 136 cm³/mol. The smallest absolute Gasteiger partial charge is 0.0326 e. The van der Waals surface area contributed by atoms with Crippen LogP contribution in [0.15, 0.2) is 88.8 Å². The first kappa shape index (κ1) is 20.8. The van der Waals surface area contributed by atoms with Crippen LogP contribution in [0.5, 0.6) is 0 Å². The minimum atomic E-state index is -2.19. The standard InChI is InChI=1S/C27H31N2PS/c1-26(2,22-15-9-17-28-22)24-20-13-8-14-21(20)25(27(3,4)23-16-10-18-29-23)30(24,31)19-11-6-5-7-12-19/h5-7,9-12,15-18,28-29H,8,13-14H2,1-4H3. The fourth-order valence-corrected chi connectivity index (χ4v) is 12.7. The van der Waals surface area contributed by atoms with E-state index in [0.29, 0.717) is 0 Å². The van der Waals surface area contributed by atoms with Gasteiger partial charge >= 0.3 is 0 Å². The quantitative estimate of drug-likeness (QED) is 0.402. The largest absolute Gasteiger partial charge is 0.364 e. The van der Waals surface area contributed by atoms with E-state index < -0.39 is 6.04 Å². The highest BCUT2D eigenvalue weighted by atomic mass is 32.4. The van der Waals surface area contributed by atoms with Crippen LogP contribution in [0.4, 0.5) is 0 Å². The van der Waals surface area contributed by atoms with Gasteiger partial charge in [-0.05, 0) is 70.6 Å². The van der Waals surface area contributed by atoms with E-state index in [9.17, 15) is 0 Å². The van der Waals surface area contributed by atoms with Gasteiger partial charge in [0, 0.05) is 40.6 Å². The third kappa shape index (κ3) is 2.93. The van der Waals surface area contributed by atoms with Crippen molar-refractivity contribution >= 4 is 23.1 Å². The molecule has 0 bridgehead atoms. The van der Waals surface area contributed by atoms with Gasteiger partial charge in [-0.25, -0.2) is 0 Å². The first-order valence-corrected chi connectivity index (χ1v) is 14.0. The molecule has 1 aliphatic carbocycles. The summed E-state index contributed by atoms with van der Waals surface area (Å²) in [6.45, 7) is 9.47. The second-order valence-corrected chi connectivity index (χ2v) is 14.1. The van der Waals surface area contributed by atoms with Crippen molar-refractivity contribution in [2.45, 2.75) is 57.8 Å². The first-order valence-electron chi connectivity index (χ1n) is 11.2. The molecule has 2 aliphatic rings. The molecule has 0 radical (unpaired) electrons. The Labute approximate surface area is 190 Å². The lowest BCUT2D eigenvalue weighted by Crippen LogP contribution is -2.28. The van der Waals surface area contributed by atoms with E-state index >= 15 is 0 Å². The van der Waals surface area contributed by atoms with Gasteiger partial charge in [0.1, 0.15) is 0 Å². The van der Waals surface area contributed by atoms with E-state index in [-0.39, 0.29) is 10.8 Å². The molecule has 5 rings (SSSR count). The number of hydrogen-bond donors (Lipinski definition) is 2. The summed E-state index contributed by atoms with van der Waals surface area (Å²) in [4.78, 5) is 7.03. The highest BCUT2D eigenvalue weighted by Crippen LogP contribution is 2.76. The van der Waals surface area contributed by atoms with Crippen molar-refractivity contribution < 1.29 is 0 Å². The van der Waals surface area contributed by atoms with E-state index in [4.69, 9.17) is 11.8 Å². The third-order valence-corrected chi connectivity index (χ3v) is 12.9. The molecule has 160 valence electrons. The van der Waals surface area contributed by atoms with Crippen LogP contribution in [-0.4, -0.2) is 9.97 Å². The molecular weight excluding hydrogens is 415 g/mol. The average Bonchev–Trinajstić information content (AvgIpc) is 3.52. The molecule has 2 aromatic heterocycles. The van der Waals surface area contributed by atoms with E-state index in [2.05, 4.69) is 92.3 Å². The molecule has 1 fully saturated rings. The van der Waals surface area contributed by atoms with Crippen molar-refractivity contribution in [2.24, 2.45) is 0 Å². The molecule has 0 spiro atoms. The fourth-order valence-electron chi connectivity index (χ4n) is 5.89. The monoisotopic (exact) mass is 446 g/mol. The van der Waals surface area contributed by atoms with Gasteiger partial charge in [-0.2, -0.15) is 0 Å². The van der Waals surface area contributed by atoms with Gasteiger partial charge in [0.05, 0.1) is 0 Å². The molecule has 2 N–H and O–H groups in total. The van der Waals surface area contributed by atoms with E-state index in [1.54, 1.807) is 11.1 Å². The third-order valence-electron chi connectivity index (χ3n) is 7.27. The van der Waals surface area contributed by atoms with Crippen LogP contribution in [0.25, 0.3) is 0 Å². The lowest BCUT2D eigenvalue weighted by molar-refractivity contribution is 0.624. The van der Waals surface area contributed by atoms with Crippen molar-refractivity contribution in [3.05, 3.63) is 100 Å². The SMILES string of the molecule is CC(C)(C1=C2CCCC2=C(C(C)(C)c2ccc[nH]2)P1(=S)c1ccccc1)c1ccc[nH]1. The van der Waals surface area contributed by atoms with Crippen LogP contribution in [-0.2, 0) is 22.6 Å². The summed E-state index contributed by atoms with van der Waals surface area (Å²) in [5.41, 5.74) is 5.33. The molecule has 1 saturated carbocycles. The summed E-state index contributed by atoms with van der Waals surface area (Å²) in [5.74, 6) is 0. The highest BCUT2D eigenvalue weighted by Gasteiger charge is 2.52. The van der Waals surface area contributed by atoms with Gasteiger partial charge in [-0.15, -0.1) is 0 Å². The minimum Gasteiger partial charge on any atom is -0.364 e. The normalized spacial score (nSPS) is 18.7. The number of hydrogen-bond acceptors (Lipinski definition) is 1. The van der Waals surface area contributed by atoms with E-state index in [0.717, 1.165) is 12.8 Å². The Kier molecular flexibility index (Phi) is 4.84. The topological polar surface area (TPSA) is 31.6 Å². The van der Waals surface area contributed by atoms with Crippen molar-refractivity contribution in [2.75, 3.05) is 0 Å². The zero-order valence-electron chi connectivity index (χ0n) is 18.8. The van der Waals surface area contributed by atoms with Crippen molar-refractivity contribution in [3.63, 3.8) is 0 Å². The van der Waals surface area contributed by atoms with E-state index in [1.165, 1.54) is 33.7 Å². The minimum absolute atomic E-state index is 0.145. The maximum absolute atomic E-state index is 6.94. The van der Waals surface area contributed by atoms with Crippen molar-refractivity contribution in [3.8, 4) is 0 Å². The summed E-state index contributed by atoms with van der Waals surface area (Å²) in [7, 11) is 0. The molecule has 3 aromatic rings. The molecule has 0 saturated heterocycles. The van der Waals surface area contributed by atoms with Crippen molar-refractivity contribution in [1.82, 2.24) is 9.97 Å². The molecule has 2 nitrogen and oxygen atoms in total. The molecule has 0 unspecified atom stereocenters. The molecule has 0 atom stereocenters. The number of allylic oxidation sites excluding steroid dienone is 4. The Morgan fingerprint density at radius 2 is 1.19 bits per heavy atom. The van der Waals surface area contributed by atoms with Crippen LogP contribution in [0.3, 0.4) is 0 Å². The zero-order chi connectivity index (χ0) is 21.9. The Balaban J connectivity index is 1.83. The Morgan fingerprint density at radius 1 is 0.710 bits per heavy atom. The fraction of sp³-hybridized carbons (Fsp3) is 0.333. The maximum atomic E-state index is 6.94. The molecule has 31 heavy (non-hydrogen) atoms. The van der Waals surface area contributed by atoms with Crippen LogP contribution in [0.1, 0.15) is 58.3 Å². The summed E-state index contributed by atoms with van der Waals surface area (Å²) in [5, 5.41) is 4.33. The summed E-state index contributed by atoms with van der Waals surface area (Å²) < 4.78 is 0. The van der Waals surface area contributed by atoms with Crippen molar-refractivity contribution in [1.29, 1.82) is 0 Å². The summed E-state index contributed by atoms with van der Waals surface area (Å²) >= 11 is 6.94. The lowest BCUT2D eigenvalue weighted by Gasteiger charge is -2.40. The Hall–Kier alpha value is -2.09. The molecule has 3 heterocycles. The molecule has 0 amide bonds. The Morgan fingerprint density at radius 3 is 1.61 bits per heavy atom. The number of aromatic amines is 2. The first-order chi connectivity index (χ1) is 14.8. The predicted octanol–water partition coefficient (Wildman–Crippen LogP) is 7.11. The number of nitrogens with one attached hydrogen (secondary N) is 2. The second kappa shape index (κ2) is 7.22. The van der Waals surface area contributed by atoms with Crippen LogP contribution in [0.2, 0.25) is 0 Å². The Bertz CT molecular complexity index is 1140.